The zero-order valence-electron chi connectivity index (χ0n) is 12.3. The lowest BCUT2D eigenvalue weighted by Crippen LogP contribution is -2.26. The van der Waals surface area contributed by atoms with E-state index in [0.29, 0.717) is 12.0 Å². The molecule has 0 saturated carbocycles. The van der Waals surface area contributed by atoms with Gasteiger partial charge < -0.3 is 10.4 Å². The van der Waals surface area contributed by atoms with Gasteiger partial charge >= 0.3 is 0 Å². The van der Waals surface area contributed by atoms with E-state index in [1.807, 2.05) is 6.20 Å². The number of nitrogens with one attached hydrogen (secondary N) is 1. The Hall–Kier alpha value is -0.970. The highest BCUT2D eigenvalue weighted by atomic mass is 32.1. The maximum atomic E-state index is 9.10. The number of aromatic nitrogens is 1. The summed E-state index contributed by atoms with van der Waals surface area (Å²) in [5.74, 6) is 0.561. The van der Waals surface area contributed by atoms with Crippen molar-refractivity contribution in [1.29, 1.82) is 0 Å². The van der Waals surface area contributed by atoms with E-state index < -0.39 is 0 Å². The number of aliphatic hydroxyl groups is 1. The van der Waals surface area contributed by atoms with Crippen LogP contribution in [0.25, 0.3) is 10.2 Å². The van der Waals surface area contributed by atoms with Gasteiger partial charge in [0, 0.05) is 18.8 Å². The van der Waals surface area contributed by atoms with Crippen molar-refractivity contribution < 1.29 is 5.11 Å². The molecule has 0 bridgehead atoms. The zero-order valence-corrected chi connectivity index (χ0v) is 13.1. The molecule has 3 nitrogen and oxygen atoms in total. The molecule has 0 saturated heterocycles. The normalized spacial score (nSPS) is 14.6. The molecule has 2 aromatic heterocycles. The first kappa shape index (κ1) is 15.4. The molecule has 2 aromatic rings. The fourth-order valence-corrected chi connectivity index (χ4v) is 3.29. The van der Waals surface area contributed by atoms with Crippen molar-refractivity contribution in [3.8, 4) is 0 Å². The number of fused-ring (bicyclic) bond motifs is 1. The molecule has 0 amide bonds. The van der Waals surface area contributed by atoms with Crippen molar-refractivity contribution in [2.75, 3.05) is 13.2 Å². The van der Waals surface area contributed by atoms with Crippen LogP contribution in [-0.4, -0.2) is 23.2 Å². The lowest BCUT2D eigenvalue weighted by atomic mass is 9.99. The molecule has 110 valence electrons. The summed E-state index contributed by atoms with van der Waals surface area (Å²) in [6.07, 6.45) is 5.19. The second-order valence-electron chi connectivity index (χ2n) is 5.37. The van der Waals surface area contributed by atoms with Gasteiger partial charge in [0.15, 0.2) is 0 Å². The Morgan fingerprint density at radius 2 is 2.25 bits per heavy atom. The molecule has 0 radical (unpaired) electrons. The summed E-state index contributed by atoms with van der Waals surface area (Å²) in [4.78, 5) is 4.49. The Balaban J connectivity index is 1.94. The minimum Gasteiger partial charge on any atom is -0.396 e. The first-order valence-corrected chi connectivity index (χ1v) is 8.30. The summed E-state index contributed by atoms with van der Waals surface area (Å²) in [5.41, 5.74) is 2.31. The average molecular weight is 292 g/mol. The Kier molecular flexibility index (Phi) is 5.95. The molecular formula is C16H24N2OS. The minimum absolute atomic E-state index is 0.281. The van der Waals surface area contributed by atoms with E-state index in [0.717, 1.165) is 18.5 Å². The van der Waals surface area contributed by atoms with Gasteiger partial charge in [-0.3, -0.25) is 4.98 Å². The van der Waals surface area contributed by atoms with E-state index in [4.69, 9.17) is 5.11 Å². The van der Waals surface area contributed by atoms with Crippen LogP contribution in [0.4, 0.5) is 0 Å². The van der Waals surface area contributed by atoms with E-state index in [9.17, 15) is 0 Å². The summed E-state index contributed by atoms with van der Waals surface area (Å²) < 4.78 is 1.25. The highest BCUT2D eigenvalue weighted by Gasteiger charge is 2.11. The van der Waals surface area contributed by atoms with E-state index in [1.54, 1.807) is 11.3 Å². The third kappa shape index (κ3) is 4.01. The van der Waals surface area contributed by atoms with Crippen LogP contribution in [0.1, 0.15) is 44.7 Å². The Bertz CT molecular complexity index is 520. The largest absolute Gasteiger partial charge is 0.396 e. The van der Waals surface area contributed by atoms with Crippen LogP contribution in [0.2, 0.25) is 0 Å². The highest BCUT2D eigenvalue weighted by Crippen LogP contribution is 2.23. The molecule has 0 fully saturated rings. The smallest absolute Gasteiger partial charge is 0.0809 e. The molecule has 2 unspecified atom stereocenters. The van der Waals surface area contributed by atoms with E-state index in [-0.39, 0.29) is 6.61 Å². The maximum Gasteiger partial charge on any atom is 0.0809 e. The van der Waals surface area contributed by atoms with Gasteiger partial charge in [-0.05, 0) is 55.3 Å². The van der Waals surface area contributed by atoms with Crippen molar-refractivity contribution >= 4 is 21.6 Å². The standard InChI is InChI=1S/C16H24N2OS/c1-3-4-13(5-7-19)10-17-12(2)14-9-16-15(18-11-14)6-8-20-16/h6,8-9,11-13,17,19H,3-5,7,10H2,1-2H3. The molecule has 4 heteroatoms. The van der Waals surface area contributed by atoms with Crippen molar-refractivity contribution in [2.24, 2.45) is 5.92 Å². The molecular weight excluding hydrogens is 268 g/mol. The molecule has 20 heavy (non-hydrogen) atoms. The van der Waals surface area contributed by atoms with Gasteiger partial charge in [-0.25, -0.2) is 0 Å². The Labute approximate surface area is 125 Å². The zero-order chi connectivity index (χ0) is 14.4. The van der Waals surface area contributed by atoms with E-state index in [2.05, 4.69) is 41.7 Å². The van der Waals surface area contributed by atoms with Gasteiger partial charge in [0.1, 0.15) is 0 Å². The third-order valence-electron chi connectivity index (χ3n) is 3.77. The summed E-state index contributed by atoms with van der Waals surface area (Å²) in [6, 6.07) is 4.58. The number of nitrogens with zero attached hydrogens (tertiary/aromatic N) is 1. The average Bonchev–Trinajstić information content (AvgIpc) is 2.92. The molecule has 0 spiro atoms. The molecule has 2 atom stereocenters. The quantitative estimate of drug-likeness (QED) is 0.779. The van der Waals surface area contributed by atoms with Crippen molar-refractivity contribution in [3.05, 3.63) is 29.3 Å². The first-order valence-electron chi connectivity index (χ1n) is 7.42. The van der Waals surface area contributed by atoms with Crippen LogP contribution < -0.4 is 5.32 Å². The predicted octanol–water partition coefficient (Wildman–Crippen LogP) is 3.75. The molecule has 0 aromatic carbocycles. The van der Waals surface area contributed by atoms with E-state index >= 15 is 0 Å². The van der Waals surface area contributed by atoms with Gasteiger partial charge in [-0.15, -0.1) is 11.3 Å². The van der Waals surface area contributed by atoms with Gasteiger partial charge in [0.25, 0.3) is 0 Å². The number of aliphatic hydroxyl groups excluding tert-OH is 1. The maximum absolute atomic E-state index is 9.10. The lowest BCUT2D eigenvalue weighted by molar-refractivity contribution is 0.246. The third-order valence-corrected chi connectivity index (χ3v) is 4.62. The number of hydrogen-bond acceptors (Lipinski definition) is 4. The summed E-state index contributed by atoms with van der Waals surface area (Å²) in [5, 5.41) is 14.8. The summed E-state index contributed by atoms with van der Waals surface area (Å²) in [6.45, 7) is 5.61. The molecule has 2 N–H and O–H groups in total. The minimum atomic E-state index is 0.281. The van der Waals surface area contributed by atoms with Gasteiger partial charge in [-0.2, -0.15) is 0 Å². The van der Waals surface area contributed by atoms with Crippen LogP contribution in [0.5, 0.6) is 0 Å². The van der Waals surface area contributed by atoms with Crippen molar-refractivity contribution in [3.63, 3.8) is 0 Å². The summed E-state index contributed by atoms with van der Waals surface area (Å²) in [7, 11) is 0. The predicted molar refractivity (Wildman–Crippen MR) is 86.1 cm³/mol. The number of thiophene rings is 1. The van der Waals surface area contributed by atoms with Crippen molar-refractivity contribution in [1.82, 2.24) is 10.3 Å². The van der Waals surface area contributed by atoms with Gasteiger partial charge in [0.05, 0.1) is 10.2 Å². The number of rotatable bonds is 8. The Morgan fingerprint density at radius 3 is 3.00 bits per heavy atom. The van der Waals surface area contributed by atoms with Crippen LogP contribution >= 0.6 is 11.3 Å². The van der Waals surface area contributed by atoms with Crippen LogP contribution in [0, 0.1) is 5.92 Å². The van der Waals surface area contributed by atoms with Gasteiger partial charge in [0.2, 0.25) is 0 Å². The fourth-order valence-electron chi connectivity index (χ4n) is 2.50. The summed E-state index contributed by atoms with van der Waals surface area (Å²) >= 11 is 1.74. The van der Waals surface area contributed by atoms with Crippen LogP contribution in [-0.2, 0) is 0 Å². The Morgan fingerprint density at radius 1 is 1.40 bits per heavy atom. The van der Waals surface area contributed by atoms with Gasteiger partial charge in [-0.1, -0.05) is 13.3 Å². The molecule has 2 heterocycles. The molecule has 0 aliphatic heterocycles. The number of hydrogen-bond donors (Lipinski definition) is 2. The molecule has 2 rings (SSSR count). The first-order chi connectivity index (χ1) is 9.74. The fraction of sp³-hybridized carbons (Fsp3) is 0.562. The monoisotopic (exact) mass is 292 g/mol. The number of pyridine rings is 1. The second kappa shape index (κ2) is 7.72. The van der Waals surface area contributed by atoms with E-state index in [1.165, 1.54) is 23.1 Å². The van der Waals surface area contributed by atoms with Crippen LogP contribution in [0.15, 0.2) is 23.7 Å². The molecule has 0 aliphatic carbocycles. The van der Waals surface area contributed by atoms with Crippen LogP contribution in [0.3, 0.4) is 0 Å². The molecule has 0 aliphatic rings. The topological polar surface area (TPSA) is 45.1 Å². The highest BCUT2D eigenvalue weighted by molar-refractivity contribution is 7.17. The SMILES string of the molecule is CCCC(CCO)CNC(C)c1cnc2ccsc2c1. The lowest BCUT2D eigenvalue weighted by Gasteiger charge is -2.20. The van der Waals surface area contributed by atoms with Crippen molar-refractivity contribution in [2.45, 2.75) is 39.2 Å². The second-order valence-corrected chi connectivity index (χ2v) is 6.32.